The molecular weight excluding hydrogens is 240 g/mol. The number of esters is 2. The second kappa shape index (κ2) is 5.86. The highest BCUT2D eigenvalue weighted by atomic mass is 16.7. The number of ether oxygens (including phenoxy) is 4. The highest BCUT2D eigenvalue weighted by Gasteiger charge is 2.45. The van der Waals surface area contributed by atoms with Crippen molar-refractivity contribution in [2.45, 2.75) is 39.3 Å². The summed E-state index contributed by atoms with van der Waals surface area (Å²) < 4.78 is 20.8. The van der Waals surface area contributed by atoms with Crippen LogP contribution in [0.2, 0.25) is 0 Å². The van der Waals surface area contributed by atoms with Crippen LogP contribution in [-0.2, 0) is 28.5 Å². The van der Waals surface area contributed by atoms with E-state index in [-0.39, 0.29) is 5.92 Å². The Balaban J connectivity index is 2.96. The standard InChI is InChI=1S/C12H18O6/c1-6-7(2)16-12(15-5)11(18-9(4)14)10(6)17-8(3)13/h6,10-12H,2H2,1,3-5H3/t6-,10+,11+,12+/m1/s1. The van der Waals surface area contributed by atoms with Gasteiger partial charge < -0.3 is 18.9 Å². The monoisotopic (exact) mass is 258 g/mol. The largest absolute Gasteiger partial charge is 0.465 e. The van der Waals surface area contributed by atoms with Crippen molar-refractivity contribution in [3.05, 3.63) is 12.3 Å². The first-order valence-corrected chi connectivity index (χ1v) is 5.59. The van der Waals surface area contributed by atoms with Gasteiger partial charge >= 0.3 is 11.9 Å². The van der Waals surface area contributed by atoms with Crippen LogP contribution in [0.25, 0.3) is 0 Å². The number of carbonyl (C=O) groups excluding carboxylic acids is 2. The van der Waals surface area contributed by atoms with Crippen molar-refractivity contribution in [2.24, 2.45) is 5.92 Å². The molecule has 0 N–H and O–H groups in total. The van der Waals surface area contributed by atoms with Gasteiger partial charge in [-0.3, -0.25) is 9.59 Å². The van der Waals surface area contributed by atoms with Crippen molar-refractivity contribution in [1.29, 1.82) is 0 Å². The molecule has 6 heteroatoms. The first-order valence-electron chi connectivity index (χ1n) is 5.59. The minimum Gasteiger partial charge on any atom is -0.465 e. The van der Waals surface area contributed by atoms with Crippen molar-refractivity contribution in [3.8, 4) is 0 Å². The van der Waals surface area contributed by atoms with Gasteiger partial charge in [0.1, 0.15) is 0 Å². The Bertz CT molecular complexity index is 350. The van der Waals surface area contributed by atoms with Crippen molar-refractivity contribution in [3.63, 3.8) is 0 Å². The number of hydrogen-bond donors (Lipinski definition) is 0. The lowest BCUT2D eigenvalue weighted by molar-refractivity contribution is -0.240. The predicted octanol–water partition coefficient (Wildman–Crippen LogP) is 1.00. The first-order chi connectivity index (χ1) is 8.36. The molecule has 1 aliphatic heterocycles. The molecule has 0 aromatic carbocycles. The molecule has 0 saturated carbocycles. The van der Waals surface area contributed by atoms with Crippen molar-refractivity contribution in [1.82, 2.24) is 0 Å². The third-order valence-electron chi connectivity index (χ3n) is 2.70. The van der Waals surface area contributed by atoms with Crippen LogP contribution >= 0.6 is 0 Å². The van der Waals surface area contributed by atoms with Gasteiger partial charge in [-0.05, 0) is 0 Å². The summed E-state index contributed by atoms with van der Waals surface area (Å²) in [5.74, 6) is -0.822. The Morgan fingerprint density at radius 2 is 1.67 bits per heavy atom. The van der Waals surface area contributed by atoms with Crippen LogP contribution in [0, 0.1) is 5.92 Å². The van der Waals surface area contributed by atoms with Gasteiger partial charge in [0.15, 0.2) is 6.10 Å². The molecule has 1 saturated heterocycles. The molecule has 4 atom stereocenters. The molecule has 0 aliphatic carbocycles. The van der Waals surface area contributed by atoms with Gasteiger partial charge in [0.2, 0.25) is 12.4 Å². The maximum absolute atomic E-state index is 11.1. The van der Waals surface area contributed by atoms with Crippen LogP contribution in [0.4, 0.5) is 0 Å². The van der Waals surface area contributed by atoms with E-state index in [4.69, 9.17) is 18.9 Å². The summed E-state index contributed by atoms with van der Waals surface area (Å²) in [5.41, 5.74) is 0. The first kappa shape index (κ1) is 14.5. The zero-order valence-corrected chi connectivity index (χ0v) is 11.0. The minimum absolute atomic E-state index is 0.287. The summed E-state index contributed by atoms with van der Waals surface area (Å²) >= 11 is 0. The lowest BCUT2D eigenvalue weighted by atomic mass is 9.94. The van der Waals surface area contributed by atoms with E-state index in [1.165, 1.54) is 21.0 Å². The van der Waals surface area contributed by atoms with E-state index in [2.05, 4.69) is 6.58 Å². The average molecular weight is 258 g/mol. The van der Waals surface area contributed by atoms with Gasteiger partial charge in [-0.2, -0.15) is 0 Å². The molecule has 1 heterocycles. The lowest BCUT2D eigenvalue weighted by Gasteiger charge is -2.40. The summed E-state index contributed by atoms with van der Waals surface area (Å²) in [6.45, 7) is 8.07. The molecule has 1 aliphatic rings. The van der Waals surface area contributed by atoms with Gasteiger partial charge in [0, 0.05) is 21.0 Å². The van der Waals surface area contributed by atoms with E-state index >= 15 is 0 Å². The van der Waals surface area contributed by atoms with E-state index in [9.17, 15) is 9.59 Å². The summed E-state index contributed by atoms with van der Waals surface area (Å²) in [5, 5.41) is 0. The molecule has 0 aromatic rings. The van der Waals surface area contributed by atoms with E-state index in [1.54, 1.807) is 6.92 Å². The Hall–Kier alpha value is -1.56. The zero-order valence-electron chi connectivity index (χ0n) is 11.0. The number of rotatable bonds is 3. The van der Waals surface area contributed by atoms with Gasteiger partial charge in [-0.25, -0.2) is 0 Å². The zero-order chi connectivity index (χ0) is 13.9. The van der Waals surface area contributed by atoms with Gasteiger partial charge in [0.05, 0.1) is 11.7 Å². The molecule has 102 valence electrons. The molecular formula is C12H18O6. The summed E-state index contributed by atoms with van der Waals surface area (Å²) in [4.78, 5) is 22.2. The van der Waals surface area contributed by atoms with Crippen LogP contribution in [0.15, 0.2) is 12.3 Å². The average Bonchev–Trinajstić information content (AvgIpc) is 2.27. The molecule has 0 radical (unpaired) electrons. The smallest absolute Gasteiger partial charge is 0.303 e. The number of carbonyl (C=O) groups is 2. The molecule has 18 heavy (non-hydrogen) atoms. The Labute approximate surface area is 106 Å². The summed E-state index contributed by atoms with van der Waals surface area (Å²) in [6, 6.07) is 0. The fourth-order valence-corrected chi connectivity index (χ4v) is 1.80. The highest BCUT2D eigenvalue weighted by molar-refractivity contribution is 5.67. The third-order valence-corrected chi connectivity index (χ3v) is 2.70. The fourth-order valence-electron chi connectivity index (χ4n) is 1.80. The third kappa shape index (κ3) is 3.22. The summed E-state index contributed by atoms with van der Waals surface area (Å²) in [6.07, 6.45) is -2.31. The second-order valence-corrected chi connectivity index (χ2v) is 4.13. The van der Waals surface area contributed by atoms with Crippen LogP contribution in [0.5, 0.6) is 0 Å². The number of hydrogen-bond acceptors (Lipinski definition) is 6. The molecule has 6 nitrogen and oxygen atoms in total. The van der Waals surface area contributed by atoms with Crippen molar-refractivity contribution < 1.29 is 28.5 Å². The van der Waals surface area contributed by atoms with E-state index in [1.807, 2.05) is 0 Å². The van der Waals surface area contributed by atoms with E-state index in [0.717, 1.165) is 0 Å². The maximum atomic E-state index is 11.1. The fraction of sp³-hybridized carbons (Fsp3) is 0.667. The highest BCUT2D eigenvalue weighted by Crippen LogP contribution is 2.32. The van der Waals surface area contributed by atoms with Gasteiger partial charge in [-0.1, -0.05) is 13.5 Å². The van der Waals surface area contributed by atoms with Crippen molar-refractivity contribution >= 4 is 11.9 Å². The maximum Gasteiger partial charge on any atom is 0.303 e. The topological polar surface area (TPSA) is 71.1 Å². The molecule has 0 bridgehead atoms. The predicted molar refractivity (Wildman–Crippen MR) is 61.3 cm³/mol. The molecule has 0 unspecified atom stereocenters. The quantitative estimate of drug-likeness (QED) is 0.703. The minimum atomic E-state index is -0.832. The number of methoxy groups -OCH3 is 1. The second-order valence-electron chi connectivity index (χ2n) is 4.13. The van der Waals surface area contributed by atoms with Crippen LogP contribution < -0.4 is 0 Å². The van der Waals surface area contributed by atoms with Gasteiger partial charge in [-0.15, -0.1) is 0 Å². The normalized spacial score (nSPS) is 31.4. The Morgan fingerprint density at radius 1 is 1.17 bits per heavy atom. The SMILES string of the molecule is C=C1O[C@H](OC)[C@@H](OC(C)=O)[C@@H](OC(C)=O)[C@@H]1C. The van der Waals surface area contributed by atoms with Crippen LogP contribution in [0.3, 0.4) is 0 Å². The molecule has 1 fully saturated rings. The van der Waals surface area contributed by atoms with Gasteiger partial charge in [0.25, 0.3) is 0 Å². The Morgan fingerprint density at radius 3 is 2.11 bits per heavy atom. The van der Waals surface area contributed by atoms with E-state index in [0.29, 0.717) is 5.76 Å². The van der Waals surface area contributed by atoms with Crippen LogP contribution in [0.1, 0.15) is 20.8 Å². The molecule has 0 aromatic heterocycles. The molecule has 0 spiro atoms. The molecule has 0 amide bonds. The lowest BCUT2D eigenvalue weighted by Crippen LogP contribution is -2.52. The molecule has 1 rings (SSSR count). The van der Waals surface area contributed by atoms with Crippen molar-refractivity contribution in [2.75, 3.05) is 7.11 Å². The van der Waals surface area contributed by atoms with Crippen LogP contribution in [-0.4, -0.2) is 37.5 Å². The van der Waals surface area contributed by atoms with E-state index < -0.39 is 30.4 Å². The summed E-state index contributed by atoms with van der Waals surface area (Å²) in [7, 11) is 1.41. The Kier molecular flexibility index (Phi) is 4.72.